The minimum Gasteiger partial charge on any atom is -0.496 e. The van der Waals surface area contributed by atoms with E-state index in [9.17, 15) is 4.79 Å². The van der Waals surface area contributed by atoms with Crippen LogP contribution >= 0.6 is 0 Å². The molecule has 0 unspecified atom stereocenters. The van der Waals surface area contributed by atoms with E-state index in [0.29, 0.717) is 6.42 Å². The number of aldehydes is 1. The van der Waals surface area contributed by atoms with Crippen LogP contribution in [0.15, 0.2) is 48.5 Å². The van der Waals surface area contributed by atoms with Crippen molar-refractivity contribution in [3.05, 3.63) is 54.1 Å². The molecule has 86 valence electrons. The maximum atomic E-state index is 10.7. The van der Waals surface area contributed by atoms with Gasteiger partial charge in [-0.05, 0) is 17.2 Å². The summed E-state index contributed by atoms with van der Waals surface area (Å²) in [5, 5.41) is 0. The minimum absolute atomic E-state index is 0.404. The third kappa shape index (κ3) is 2.36. The molecule has 0 spiro atoms. The van der Waals surface area contributed by atoms with Crippen molar-refractivity contribution in [2.75, 3.05) is 7.11 Å². The van der Waals surface area contributed by atoms with Gasteiger partial charge < -0.3 is 9.53 Å². The molecule has 0 fully saturated rings. The lowest BCUT2D eigenvalue weighted by molar-refractivity contribution is -0.107. The molecule has 0 N–H and O–H groups in total. The molecule has 0 amide bonds. The first-order valence-electron chi connectivity index (χ1n) is 5.51. The molecule has 2 rings (SSSR count). The molecule has 2 nitrogen and oxygen atoms in total. The van der Waals surface area contributed by atoms with Gasteiger partial charge in [0.15, 0.2) is 0 Å². The third-order valence-electron chi connectivity index (χ3n) is 2.70. The molecule has 0 bridgehead atoms. The Morgan fingerprint density at radius 3 is 2.47 bits per heavy atom. The van der Waals surface area contributed by atoms with E-state index in [0.717, 1.165) is 28.7 Å². The van der Waals surface area contributed by atoms with Gasteiger partial charge in [-0.15, -0.1) is 0 Å². The predicted octanol–water partition coefficient (Wildman–Crippen LogP) is 3.10. The molecule has 0 aliphatic rings. The van der Waals surface area contributed by atoms with Gasteiger partial charge in [-0.25, -0.2) is 0 Å². The maximum absolute atomic E-state index is 10.7. The zero-order valence-electron chi connectivity index (χ0n) is 9.72. The smallest absolute Gasteiger partial charge is 0.126 e. The van der Waals surface area contributed by atoms with Crippen molar-refractivity contribution < 1.29 is 9.53 Å². The summed E-state index contributed by atoms with van der Waals surface area (Å²) in [7, 11) is 1.65. The van der Waals surface area contributed by atoms with Gasteiger partial charge in [0, 0.05) is 12.0 Å². The monoisotopic (exact) mass is 226 g/mol. The normalized spacial score (nSPS) is 9.94. The molecule has 0 radical (unpaired) electrons. The van der Waals surface area contributed by atoms with Gasteiger partial charge in [-0.2, -0.15) is 0 Å². The number of hydrogen-bond donors (Lipinski definition) is 0. The largest absolute Gasteiger partial charge is 0.496 e. The fourth-order valence-corrected chi connectivity index (χ4v) is 1.94. The second-order valence-corrected chi connectivity index (χ2v) is 3.73. The fourth-order valence-electron chi connectivity index (χ4n) is 1.94. The molecule has 0 heterocycles. The quantitative estimate of drug-likeness (QED) is 0.749. The first-order chi connectivity index (χ1) is 8.36. The minimum atomic E-state index is 0.404. The molecule has 0 atom stereocenters. The second-order valence-electron chi connectivity index (χ2n) is 3.73. The molecule has 0 aliphatic carbocycles. The Kier molecular flexibility index (Phi) is 3.55. The Hall–Kier alpha value is -2.09. The number of benzene rings is 2. The number of methoxy groups -OCH3 is 1. The van der Waals surface area contributed by atoms with Gasteiger partial charge in [-0.3, -0.25) is 0 Å². The van der Waals surface area contributed by atoms with E-state index in [2.05, 4.69) is 0 Å². The van der Waals surface area contributed by atoms with Crippen molar-refractivity contribution in [1.82, 2.24) is 0 Å². The van der Waals surface area contributed by atoms with Gasteiger partial charge in [0.05, 0.1) is 7.11 Å². The summed E-state index contributed by atoms with van der Waals surface area (Å²) >= 11 is 0. The Morgan fingerprint density at radius 1 is 1.06 bits per heavy atom. The van der Waals surface area contributed by atoms with Gasteiger partial charge >= 0.3 is 0 Å². The molecule has 2 heteroatoms. The van der Waals surface area contributed by atoms with E-state index in [4.69, 9.17) is 4.74 Å². The highest BCUT2D eigenvalue weighted by molar-refractivity contribution is 5.76. The number of rotatable bonds is 4. The highest BCUT2D eigenvalue weighted by Crippen LogP contribution is 2.33. The summed E-state index contributed by atoms with van der Waals surface area (Å²) in [5.74, 6) is 0.801. The van der Waals surface area contributed by atoms with Crippen LogP contribution in [-0.2, 0) is 11.2 Å². The summed E-state index contributed by atoms with van der Waals surface area (Å²) in [6, 6.07) is 15.7. The second kappa shape index (κ2) is 5.30. The Morgan fingerprint density at radius 2 is 1.82 bits per heavy atom. The van der Waals surface area contributed by atoms with E-state index < -0.39 is 0 Å². The topological polar surface area (TPSA) is 26.3 Å². The average molecular weight is 226 g/mol. The molecule has 2 aromatic rings. The van der Waals surface area contributed by atoms with Gasteiger partial charge in [0.2, 0.25) is 0 Å². The van der Waals surface area contributed by atoms with Crippen LogP contribution in [0.4, 0.5) is 0 Å². The lowest BCUT2D eigenvalue weighted by Gasteiger charge is -2.12. The number of carbonyl (C=O) groups is 1. The third-order valence-corrected chi connectivity index (χ3v) is 2.70. The maximum Gasteiger partial charge on any atom is 0.126 e. The summed E-state index contributed by atoms with van der Waals surface area (Å²) < 4.78 is 5.37. The highest BCUT2D eigenvalue weighted by Gasteiger charge is 2.10. The van der Waals surface area contributed by atoms with E-state index in [1.807, 2.05) is 48.5 Å². The Labute approximate surface area is 101 Å². The van der Waals surface area contributed by atoms with Gasteiger partial charge in [0.25, 0.3) is 0 Å². The molecule has 0 aliphatic heterocycles. The summed E-state index contributed by atoms with van der Waals surface area (Å²) in [5.41, 5.74) is 3.06. The number of carbonyl (C=O) groups excluding carboxylic acids is 1. The summed E-state index contributed by atoms with van der Waals surface area (Å²) in [6.45, 7) is 0. The molecular weight excluding hydrogens is 212 g/mol. The van der Waals surface area contributed by atoms with E-state index >= 15 is 0 Å². The standard InChI is InChI=1S/C15H14O2/c1-17-14-9-5-8-13(10-11-16)15(14)12-6-3-2-4-7-12/h2-9,11H,10H2,1H3. The van der Waals surface area contributed by atoms with Crippen LogP contribution in [0, 0.1) is 0 Å². The van der Waals surface area contributed by atoms with Crippen molar-refractivity contribution >= 4 is 6.29 Å². The summed E-state index contributed by atoms with van der Waals surface area (Å²) in [4.78, 5) is 10.7. The van der Waals surface area contributed by atoms with Gasteiger partial charge in [-0.1, -0.05) is 42.5 Å². The first kappa shape index (κ1) is 11.4. The van der Waals surface area contributed by atoms with E-state index in [1.54, 1.807) is 7.11 Å². The lowest BCUT2D eigenvalue weighted by Crippen LogP contribution is -1.95. The van der Waals surface area contributed by atoms with Crippen LogP contribution in [0.1, 0.15) is 5.56 Å². The van der Waals surface area contributed by atoms with Crippen molar-refractivity contribution in [3.63, 3.8) is 0 Å². The molecule has 0 saturated carbocycles. The van der Waals surface area contributed by atoms with Crippen molar-refractivity contribution in [3.8, 4) is 16.9 Å². The fraction of sp³-hybridized carbons (Fsp3) is 0.133. The molecule has 0 saturated heterocycles. The summed E-state index contributed by atoms with van der Waals surface area (Å²) in [6.07, 6.45) is 1.32. The molecule has 17 heavy (non-hydrogen) atoms. The van der Waals surface area contributed by atoms with Crippen molar-refractivity contribution in [2.24, 2.45) is 0 Å². The zero-order valence-corrected chi connectivity index (χ0v) is 9.72. The van der Waals surface area contributed by atoms with Crippen molar-refractivity contribution in [1.29, 1.82) is 0 Å². The average Bonchev–Trinajstić information content (AvgIpc) is 2.40. The molecule has 0 aromatic heterocycles. The van der Waals surface area contributed by atoms with Gasteiger partial charge in [0.1, 0.15) is 12.0 Å². The van der Waals surface area contributed by atoms with Crippen LogP contribution in [0.25, 0.3) is 11.1 Å². The molecule has 2 aromatic carbocycles. The van der Waals surface area contributed by atoms with Crippen LogP contribution in [-0.4, -0.2) is 13.4 Å². The van der Waals surface area contributed by atoms with Crippen molar-refractivity contribution in [2.45, 2.75) is 6.42 Å². The van der Waals surface area contributed by atoms with Crippen LogP contribution < -0.4 is 4.74 Å². The Balaban J connectivity index is 2.60. The van der Waals surface area contributed by atoms with Crippen LogP contribution in [0.2, 0.25) is 0 Å². The molecular formula is C15H14O2. The first-order valence-corrected chi connectivity index (χ1v) is 5.51. The number of ether oxygens (including phenoxy) is 1. The SMILES string of the molecule is COc1cccc(CC=O)c1-c1ccccc1. The highest BCUT2D eigenvalue weighted by atomic mass is 16.5. The van der Waals surface area contributed by atoms with E-state index in [-0.39, 0.29) is 0 Å². The number of hydrogen-bond acceptors (Lipinski definition) is 2. The lowest BCUT2D eigenvalue weighted by atomic mass is 9.97. The Bertz CT molecular complexity index is 504. The van der Waals surface area contributed by atoms with E-state index in [1.165, 1.54) is 0 Å². The zero-order chi connectivity index (χ0) is 12.1. The predicted molar refractivity (Wildman–Crippen MR) is 68.2 cm³/mol. The van der Waals surface area contributed by atoms with Crippen LogP contribution in [0.5, 0.6) is 5.75 Å². The van der Waals surface area contributed by atoms with Crippen LogP contribution in [0.3, 0.4) is 0 Å².